The van der Waals surface area contributed by atoms with E-state index in [2.05, 4.69) is 14.7 Å². The van der Waals surface area contributed by atoms with Crippen molar-refractivity contribution in [3.63, 3.8) is 0 Å². The maximum Gasteiger partial charge on any atom is 0.340 e. The van der Waals surface area contributed by atoms with E-state index in [1.807, 2.05) is 0 Å². The molecule has 2 heterocycles. The van der Waals surface area contributed by atoms with E-state index in [0.717, 1.165) is 0 Å². The zero-order chi connectivity index (χ0) is 11.7. The van der Waals surface area contributed by atoms with Gasteiger partial charge >= 0.3 is 5.97 Å². The molecule has 0 atom stereocenters. The first kappa shape index (κ1) is 10.6. The SMILES string of the molecule is COC(=O)c1cc(OC)nc2sc(N)nc12. The predicted octanol–water partition coefficient (Wildman–Crippen LogP) is 1.07. The third-order valence-corrected chi connectivity index (χ3v) is 2.75. The molecule has 0 unspecified atom stereocenters. The van der Waals surface area contributed by atoms with Crippen molar-refractivity contribution in [2.75, 3.05) is 20.0 Å². The highest BCUT2D eigenvalue weighted by atomic mass is 32.1. The van der Waals surface area contributed by atoms with Gasteiger partial charge in [0.2, 0.25) is 5.88 Å². The Bertz CT molecular complexity index is 552. The summed E-state index contributed by atoms with van der Waals surface area (Å²) in [6, 6.07) is 1.48. The first-order valence-corrected chi connectivity index (χ1v) is 5.16. The lowest BCUT2D eigenvalue weighted by molar-refractivity contribution is 0.0602. The van der Waals surface area contributed by atoms with E-state index in [1.54, 1.807) is 0 Å². The molecule has 0 saturated carbocycles. The summed E-state index contributed by atoms with van der Waals surface area (Å²) in [6.45, 7) is 0. The molecular formula is C9H9N3O3S. The minimum Gasteiger partial charge on any atom is -0.481 e. The molecule has 2 rings (SSSR count). The molecule has 0 bridgehead atoms. The highest BCUT2D eigenvalue weighted by Gasteiger charge is 2.17. The smallest absolute Gasteiger partial charge is 0.340 e. The standard InChI is InChI=1S/C9H9N3O3S/c1-14-5-3-4(8(13)15-2)6-7(11-5)16-9(10)12-6/h3H,1-2H3,(H2,10,12). The fourth-order valence-electron chi connectivity index (χ4n) is 1.27. The van der Waals surface area contributed by atoms with E-state index < -0.39 is 5.97 Å². The number of carbonyl (C=O) groups is 1. The van der Waals surface area contributed by atoms with Crippen molar-refractivity contribution in [2.24, 2.45) is 0 Å². The Balaban J connectivity index is 2.72. The minimum absolute atomic E-state index is 0.303. The molecule has 0 aliphatic heterocycles. The average Bonchev–Trinajstić information content (AvgIpc) is 2.66. The van der Waals surface area contributed by atoms with Crippen LogP contribution in [-0.4, -0.2) is 30.2 Å². The maximum atomic E-state index is 11.5. The topological polar surface area (TPSA) is 87.3 Å². The predicted molar refractivity (Wildman–Crippen MR) is 59.7 cm³/mol. The zero-order valence-corrected chi connectivity index (χ0v) is 9.50. The number of thiazole rings is 1. The quantitative estimate of drug-likeness (QED) is 0.789. The van der Waals surface area contributed by atoms with Gasteiger partial charge in [0.1, 0.15) is 10.3 Å². The van der Waals surface area contributed by atoms with Crippen LogP contribution in [0.5, 0.6) is 5.88 Å². The van der Waals surface area contributed by atoms with Gasteiger partial charge in [0.05, 0.1) is 19.8 Å². The van der Waals surface area contributed by atoms with Gasteiger partial charge in [-0.15, -0.1) is 0 Å². The lowest BCUT2D eigenvalue weighted by Crippen LogP contribution is -2.03. The van der Waals surface area contributed by atoms with Crippen LogP contribution in [0.4, 0.5) is 5.13 Å². The summed E-state index contributed by atoms with van der Waals surface area (Å²) in [4.78, 5) is 20.2. The first-order chi connectivity index (χ1) is 7.65. The van der Waals surface area contributed by atoms with Crippen molar-refractivity contribution in [3.05, 3.63) is 11.6 Å². The lowest BCUT2D eigenvalue weighted by Gasteiger charge is -2.02. The van der Waals surface area contributed by atoms with E-state index in [0.29, 0.717) is 26.9 Å². The molecule has 0 aliphatic rings. The summed E-state index contributed by atoms with van der Waals surface area (Å²) >= 11 is 1.19. The van der Waals surface area contributed by atoms with E-state index in [9.17, 15) is 4.79 Å². The monoisotopic (exact) mass is 239 g/mol. The van der Waals surface area contributed by atoms with Crippen LogP contribution >= 0.6 is 11.3 Å². The van der Waals surface area contributed by atoms with E-state index in [-0.39, 0.29) is 0 Å². The van der Waals surface area contributed by atoms with Crippen LogP contribution in [0.1, 0.15) is 10.4 Å². The van der Waals surface area contributed by atoms with Crippen LogP contribution in [0, 0.1) is 0 Å². The van der Waals surface area contributed by atoms with Gasteiger partial charge in [0, 0.05) is 6.07 Å². The van der Waals surface area contributed by atoms with Gasteiger partial charge in [0.15, 0.2) is 5.13 Å². The van der Waals surface area contributed by atoms with Crippen LogP contribution < -0.4 is 10.5 Å². The van der Waals surface area contributed by atoms with Crippen molar-refractivity contribution < 1.29 is 14.3 Å². The average molecular weight is 239 g/mol. The van der Waals surface area contributed by atoms with Gasteiger partial charge in [-0.25, -0.2) is 14.8 Å². The maximum absolute atomic E-state index is 11.5. The molecule has 0 aromatic carbocycles. The molecule has 7 heteroatoms. The second-order valence-corrected chi connectivity index (χ2v) is 3.92. The van der Waals surface area contributed by atoms with Crippen LogP contribution in [0.2, 0.25) is 0 Å². The first-order valence-electron chi connectivity index (χ1n) is 4.35. The second-order valence-electron chi connectivity index (χ2n) is 2.91. The summed E-state index contributed by atoms with van der Waals surface area (Å²) in [5, 5.41) is 0.348. The fourth-order valence-corrected chi connectivity index (χ4v) is 2.00. The Morgan fingerprint density at radius 2 is 2.19 bits per heavy atom. The molecule has 2 aromatic heterocycles. The molecule has 2 N–H and O–H groups in total. The van der Waals surface area contributed by atoms with E-state index in [4.69, 9.17) is 10.5 Å². The number of nitrogens with two attached hydrogens (primary N) is 1. The number of nitrogen functional groups attached to an aromatic ring is 1. The number of anilines is 1. The van der Waals surface area contributed by atoms with Crippen LogP contribution in [0.25, 0.3) is 10.3 Å². The zero-order valence-electron chi connectivity index (χ0n) is 8.68. The summed E-state index contributed by atoms with van der Waals surface area (Å²) in [5.41, 5.74) is 6.31. The molecule has 16 heavy (non-hydrogen) atoms. The Kier molecular flexibility index (Phi) is 2.61. The number of hydrogen-bond acceptors (Lipinski definition) is 7. The summed E-state index contributed by atoms with van der Waals surface area (Å²) in [6.07, 6.45) is 0. The Labute approximate surface area is 95.0 Å². The van der Waals surface area contributed by atoms with Gasteiger partial charge in [-0.05, 0) is 0 Å². The number of pyridine rings is 1. The van der Waals surface area contributed by atoms with E-state index in [1.165, 1.54) is 31.6 Å². The summed E-state index contributed by atoms with van der Waals surface area (Å²) < 4.78 is 9.64. The molecule has 0 radical (unpaired) electrons. The Morgan fingerprint density at radius 3 is 2.81 bits per heavy atom. The molecule has 0 fully saturated rings. The molecule has 0 amide bonds. The fraction of sp³-hybridized carbons (Fsp3) is 0.222. The molecular weight excluding hydrogens is 230 g/mol. The van der Waals surface area contributed by atoms with Crippen molar-refractivity contribution in [2.45, 2.75) is 0 Å². The molecule has 0 spiro atoms. The van der Waals surface area contributed by atoms with Gasteiger partial charge in [0.25, 0.3) is 0 Å². The molecule has 0 saturated heterocycles. The number of esters is 1. The minimum atomic E-state index is -0.490. The van der Waals surface area contributed by atoms with Crippen LogP contribution in [0.15, 0.2) is 6.07 Å². The van der Waals surface area contributed by atoms with Crippen LogP contribution in [0.3, 0.4) is 0 Å². The van der Waals surface area contributed by atoms with Crippen molar-refractivity contribution in [1.82, 2.24) is 9.97 Å². The van der Waals surface area contributed by atoms with Crippen molar-refractivity contribution in [3.8, 4) is 5.88 Å². The summed E-state index contributed by atoms with van der Waals surface area (Å²) in [5.74, 6) is -0.160. The number of hydrogen-bond donors (Lipinski definition) is 1. The molecule has 0 aliphatic carbocycles. The normalized spacial score (nSPS) is 10.4. The largest absolute Gasteiger partial charge is 0.481 e. The summed E-state index contributed by atoms with van der Waals surface area (Å²) in [7, 11) is 2.77. The van der Waals surface area contributed by atoms with Gasteiger partial charge in [-0.1, -0.05) is 11.3 Å². The van der Waals surface area contributed by atoms with Crippen LogP contribution in [-0.2, 0) is 4.74 Å². The number of aromatic nitrogens is 2. The highest BCUT2D eigenvalue weighted by Crippen LogP contribution is 2.28. The number of rotatable bonds is 2. The molecule has 6 nitrogen and oxygen atoms in total. The number of carbonyl (C=O) groups excluding carboxylic acids is 1. The number of nitrogens with zero attached hydrogens (tertiary/aromatic N) is 2. The molecule has 84 valence electrons. The third-order valence-electron chi connectivity index (χ3n) is 1.97. The number of fused-ring (bicyclic) bond motifs is 1. The highest BCUT2D eigenvalue weighted by molar-refractivity contribution is 7.21. The third kappa shape index (κ3) is 1.65. The van der Waals surface area contributed by atoms with E-state index >= 15 is 0 Å². The van der Waals surface area contributed by atoms with Crippen molar-refractivity contribution in [1.29, 1.82) is 0 Å². The van der Waals surface area contributed by atoms with Gasteiger partial charge in [-0.2, -0.15) is 0 Å². The Hall–Kier alpha value is -1.89. The Morgan fingerprint density at radius 1 is 1.44 bits per heavy atom. The van der Waals surface area contributed by atoms with Gasteiger partial charge < -0.3 is 15.2 Å². The second kappa shape index (κ2) is 3.93. The number of ether oxygens (including phenoxy) is 2. The van der Waals surface area contributed by atoms with Crippen molar-refractivity contribution >= 4 is 32.8 Å². The number of methoxy groups -OCH3 is 2. The molecule has 2 aromatic rings. The lowest BCUT2D eigenvalue weighted by atomic mass is 10.2. The van der Waals surface area contributed by atoms with Gasteiger partial charge in [-0.3, -0.25) is 0 Å².